The minimum Gasteiger partial charge on any atom is -0.478 e. The van der Waals surface area contributed by atoms with Crippen LogP contribution in [0.15, 0.2) is 35.4 Å². The quantitative estimate of drug-likeness (QED) is 0.738. The second-order valence-corrected chi connectivity index (χ2v) is 6.03. The Morgan fingerprint density at radius 1 is 1.50 bits per heavy atom. The summed E-state index contributed by atoms with van der Waals surface area (Å²) >= 11 is 0. The number of aromatic nitrogens is 1. The molecule has 1 heterocycles. The Morgan fingerprint density at radius 3 is 2.61 bits per heavy atom. The highest BCUT2D eigenvalue weighted by molar-refractivity contribution is 7.89. The smallest absolute Gasteiger partial charge is 0.244 e. The van der Waals surface area contributed by atoms with Crippen molar-refractivity contribution in [3.63, 3.8) is 0 Å². The molecule has 0 aliphatic heterocycles. The van der Waals surface area contributed by atoms with Crippen LogP contribution in [0.4, 0.5) is 0 Å². The number of likely N-dealkylation sites (N-methyl/N-ethyl adjacent to an activating group) is 1. The molecular weight excluding hydrogens is 252 g/mol. The van der Waals surface area contributed by atoms with Crippen LogP contribution in [0.3, 0.4) is 0 Å². The number of nitrogens with zero attached hydrogens (tertiary/aromatic N) is 2. The van der Waals surface area contributed by atoms with Crippen LogP contribution in [0, 0.1) is 0 Å². The molecule has 0 bridgehead atoms. The molecule has 1 aromatic heterocycles. The first-order valence-corrected chi connectivity index (χ1v) is 7.01. The van der Waals surface area contributed by atoms with E-state index in [9.17, 15) is 8.42 Å². The zero-order valence-corrected chi connectivity index (χ0v) is 11.7. The average Bonchev–Trinajstić information content (AvgIpc) is 2.29. The summed E-state index contributed by atoms with van der Waals surface area (Å²) in [4.78, 5) is 4.09. The maximum Gasteiger partial charge on any atom is 0.244 e. The molecule has 0 aromatic carbocycles. The molecule has 0 amide bonds. The Balaban J connectivity index is 2.94. The van der Waals surface area contributed by atoms with Crippen molar-refractivity contribution in [2.45, 2.75) is 18.7 Å². The SMILES string of the molecule is C=C(C)CN(C)S(=O)(=O)c1ccc(OCC)nc1. The van der Waals surface area contributed by atoms with Gasteiger partial charge >= 0.3 is 0 Å². The van der Waals surface area contributed by atoms with E-state index < -0.39 is 10.0 Å². The fourth-order valence-corrected chi connectivity index (χ4v) is 2.57. The first-order valence-electron chi connectivity index (χ1n) is 5.57. The monoisotopic (exact) mass is 270 g/mol. The van der Waals surface area contributed by atoms with E-state index in [0.29, 0.717) is 12.5 Å². The third-order valence-electron chi connectivity index (χ3n) is 2.20. The van der Waals surface area contributed by atoms with Crippen molar-refractivity contribution >= 4 is 10.0 Å². The van der Waals surface area contributed by atoms with E-state index in [0.717, 1.165) is 5.57 Å². The molecule has 100 valence electrons. The predicted molar refractivity (Wildman–Crippen MR) is 70.0 cm³/mol. The third-order valence-corrected chi connectivity index (χ3v) is 3.99. The molecule has 0 N–H and O–H groups in total. The van der Waals surface area contributed by atoms with Crippen molar-refractivity contribution in [2.75, 3.05) is 20.2 Å². The number of pyridine rings is 1. The number of ether oxygens (including phenoxy) is 1. The van der Waals surface area contributed by atoms with Gasteiger partial charge in [-0.1, -0.05) is 12.2 Å². The van der Waals surface area contributed by atoms with E-state index >= 15 is 0 Å². The van der Waals surface area contributed by atoms with E-state index in [2.05, 4.69) is 11.6 Å². The molecular formula is C12H18N2O3S. The molecule has 0 fully saturated rings. The highest BCUT2D eigenvalue weighted by atomic mass is 32.2. The van der Waals surface area contributed by atoms with Gasteiger partial charge in [-0.15, -0.1) is 0 Å². The van der Waals surface area contributed by atoms with Crippen LogP contribution in [0.5, 0.6) is 5.88 Å². The van der Waals surface area contributed by atoms with Crippen molar-refractivity contribution in [1.82, 2.24) is 9.29 Å². The van der Waals surface area contributed by atoms with Gasteiger partial charge in [0.25, 0.3) is 0 Å². The third kappa shape index (κ3) is 3.54. The normalized spacial score (nSPS) is 11.6. The summed E-state index contributed by atoms with van der Waals surface area (Å²) in [6.45, 7) is 8.10. The van der Waals surface area contributed by atoms with Gasteiger partial charge in [0.05, 0.1) is 12.8 Å². The molecule has 0 spiro atoms. The van der Waals surface area contributed by atoms with Crippen LogP contribution in [0.2, 0.25) is 0 Å². The standard InChI is InChI=1S/C12H18N2O3S/c1-5-17-12-7-6-11(8-13-12)18(15,16)14(4)9-10(2)3/h6-8H,2,5,9H2,1,3-4H3. The van der Waals surface area contributed by atoms with Crippen LogP contribution in [-0.4, -0.2) is 37.9 Å². The summed E-state index contributed by atoms with van der Waals surface area (Å²) < 4.78 is 30.7. The number of rotatable bonds is 6. The van der Waals surface area contributed by atoms with Crippen LogP contribution in [-0.2, 0) is 10.0 Å². The molecule has 1 rings (SSSR count). The summed E-state index contributed by atoms with van der Waals surface area (Å²) in [5.41, 5.74) is 0.778. The average molecular weight is 270 g/mol. The van der Waals surface area contributed by atoms with Crippen LogP contribution < -0.4 is 4.74 Å². The molecule has 1 aromatic rings. The van der Waals surface area contributed by atoms with E-state index in [4.69, 9.17) is 4.74 Å². The lowest BCUT2D eigenvalue weighted by molar-refractivity contribution is 0.326. The molecule has 18 heavy (non-hydrogen) atoms. The second kappa shape index (κ2) is 5.97. The molecule has 0 atom stereocenters. The maximum absolute atomic E-state index is 12.1. The van der Waals surface area contributed by atoms with Gasteiger partial charge in [-0.3, -0.25) is 0 Å². The van der Waals surface area contributed by atoms with Gasteiger partial charge in [-0.2, -0.15) is 4.31 Å². The lowest BCUT2D eigenvalue weighted by Gasteiger charge is -2.16. The summed E-state index contributed by atoms with van der Waals surface area (Å²) in [7, 11) is -2.00. The molecule has 6 heteroatoms. The molecule has 0 radical (unpaired) electrons. The molecule has 0 aliphatic carbocycles. The predicted octanol–water partition coefficient (Wildman–Crippen LogP) is 1.68. The van der Waals surface area contributed by atoms with Gasteiger partial charge in [0.1, 0.15) is 4.90 Å². The molecule has 0 saturated carbocycles. The lowest BCUT2D eigenvalue weighted by Crippen LogP contribution is -2.28. The van der Waals surface area contributed by atoms with Crippen LogP contribution >= 0.6 is 0 Å². The second-order valence-electron chi connectivity index (χ2n) is 3.98. The molecule has 0 aliphatic rings. The van der Waals surface area contributed by atoms with Crippen molar-refractivity contribution in [3.8, 4) is 5.88 Å². The van der Waals surface area contributed by atoms with Crippen molar-refractivity contribution in [3.05, 3.63) is 30.5 Å². The summed E-state index contributed by atoms with van der Waals surface area (Å²) in [5.74, 6) is 0.416. The molecule has 0 saturated heterocycles. The van der Waals surface area contributed by atoms with Crippen molar-refractivity contribution < 1.29 is 13.2 Å². The van der Waals surface area contributed by atoms with Gasteiger partial charge in [0.2, 0.25) is 15.9 Å². The Bertz CT molecular complexity index is 509. The fraction of sp³-hybridized carbons (Fsp3) is 0.417. The van der Waals surface area contributed by atoms with Crippen LogP contribution in [0.25, 0.3) is 0 Å². The number of hydrogen-bond donors (Lipinski definition) is 0. The summed E-state index contributed by atoms with van der Waals surface area (Å²) in [6.07, 6.45) is 1.30. The molecule has 0 unspecified atom stereocenters. The van der Waals surface area contributed by atoms with Gasteiger partial charge in [-0.05, 0) is 19.9 Å². The highest BCUT2D eigenvalue weighted by Crippen LogP contribution is 2.16. The Hall–Kier alpha value is -1.40. The van der Waals surface area contributed by atoms with E-state index in [1.54, 1.807) is 13.0 Å². The van der Waals surface area contributed by atoms with E-state index in [1.807, 2.05) is 6.92 Å². The first kappa shape index (κ1) is 14.7. The van der Waals surface area contributed by atoms with Crippen molar-refractivity contribution in [2.24, 2.45) is 0 Å². The maximum atomic E-state index is 12.1. The topological polar surface area (TPSA) is 59.5 Å². The van der Waals surface area contributed by atoms with Crippen molar-refractivity contribution in [1.29, 1.82) is 0 Å². The summed E-state index contributed by atoms with van der Waals surface area (Å²) in [5, 5.41) is 0. The van der Waals surface area contributed by atoms with E-state index in [1.165, 1.54) is 23.6 Å². The van der Waals surface area contributed by atoms with Crippen LogP contribution in [0.1, 0.15) is 13.8 Å². The Labute approximate surface area is 108 Å². The van der Waals surface area contributed by atoms with Gasteiger partial charge in [-0.25, -0.2) is 13.4 Å². The van der Waals surface area contributed by atoms with Gasteiger partial charge in [0.15, 0.2) is 0 Å². The summed E-state index contributed by atoms with van der Waals surface area (Å²) in [6, 6.07) is 3.03. The largest absolute Gasteiger partial charge is 0.478 e. The first-order chi connectivity index (χ1) is 8.37. The lowest BCUT2D eigenvalue weighted by atomic mass is 10.4. The fourth-order valence-electron chi connectivity index (χ4n) is 1.40. The Morgan fingerprint density at radius 2 is 2.17 bits per heavy atom. The number of sulfonamides is 1. The van der Waals surface area contributed by atoms with E-state index in [-0.39, 0.29) is 11.4 Å². The van der Waals surface area contributed by atoms with Gasteiger partial charge < -0.3 is 4.74 Å². The zero-order chi connectivity index (χ0) is 13.8. The number of hydrogen-bond acceptors (Lipinski definition) is 4. The minimum absolute atomic E-state index is 0.148. The highest BCUT2D eigenvalue weighted by Gasteiger charge is 2.20. The zero-order valence-electron chi connectivity index (χ0n) is 10.9. The Kier molecular flexibility index (Phi) is 4.86. The minimum atomic E-state index is -3.51. The van der Waals surface area contributed by atoms with Gasteiger partial charge in [0, 0.05) is 19.7 Å². The molecule has 5 nitrogen and oxygen atoms in total.